The van der Waals surface area contributed by atoms with E-state index >= 15 is 0 Å². The van der Waals surface area contributed by atoms with Crippen LogP contribution in [0.1, 0.15) is 129 Å². The second-order valence-corrected chi connectivity index (χ2v) is 20.6. The number of benzene rings is 3. The minimum absolute atomic E-state index is 0. The molecule has 4 nitrogen and oxygen atoms in total. The van der Waals surface area contributed by atoms with E-state index < -0.39 is 32.1 Å². The van der Waals surface area contributed by atoms with Crippen molar-refractivity contribution in [3.63, 3.8) is 0 Å². The third kappa shape index (κ3) is 21.0. The number of carboxylic acid groups (broad SMARTS) is 2. The molecule has 0 spiro atoms. The summed E-state index contributed by atoms with van der Waals surface area (Å²) in [5.41, 5.74) is 2.07. The van der Waals surface area contributed by atoms with Crippen LogP contribution in [-0.2, 0) is 43.7 Å². The summed E-state index contributed by atoms with van der Waals surface area (Å²) in [6.45, 7) is 3.84. The van der Waals surface area contributed by atoms with Crippen LogP contribution in [0.4, 0.5) is 0 Å². The van der Waals surface area contributed by atoms with Gasteiger partial charge in [-0.05, 0) is 51.4 Å². The Morgan fingerprint density at radius 3 is 0.887 bits per heavy atom. The van der Waals surface area contributed by atoms with Gasteiger partial charge >= 0.3 is 168 Å². The van der Waals surface area contributed by atoms with E-state index in [4.69, 9.17) is 10.2 Å². The molecule has 288 valence electrons. The Morgan fingerprint density at radius 2 is 0.679 bits per heavy atom. The monoisotopic (exact) mass is 912 g/mol. The van der Waals surface area contributed by atoms with Gasteiger partial charge in [0.2, 0.25) is 0 Å². The van der Waals surface area contributed by atoms with Gasteiger partial charge in [-0.25, -0.2) is 9.59 Å². The third-order valence-corrected chi connectivity index (χ3v) is 17.2. The molecule has 4 aliphatic rings. The standard InChI is InChI=1S/2C9H14O2.3C6H5.2C5H10.2Fe.Sb/c2*1-7(6-9(10)11)8-4-2-3-5-8;3*1-2-4-6-5-3-1;2*1-2-4-5-3-1;;;/h2*6,8H,2-5H2,1H3,(H,10,11);3*1-5H;2*1-5H2;;;/q;;;;;;;2*+2;/b2*7-6+;;;;;;;;. The molecule has 7 rings (SSSR count). The summed E-state index contributed by atoms with van der Waals surface area (Å²) in [5.74, 6) is -0.527. The number of carboxylic acids is 2. The van der Waals surface area contributed by atoms with Crippen LogP contribution >= 0.6 is 0 Å². The zero-order valence-electron chi connectivity index (χ0n) is 32.1. The van der Waals surface area contributed by atoms with Crippen LogP contribution in [0.25, 0.3) is 0 Å². The molecule has 0 radical (unpaired) electrons. The van der Waals surface area contributed by atoms with Crippen LogP contribution in [0.5, 0.6) is 0 Å². The summed E-state index contributed by atoms with van der Waals surface area (Å²) < 4.78 is 4.55. The third-order valence-electron chi connectivity index (χ3n) is 10.2. The number of hydrogen-bond donors (Lipinski definition) is 2. The molecule has 0 unspecified atom stereocenters. The zero-order chi connectivity index (χ0) is 36.5. The van der Waals surface area contributed by atoms with Gasteiger partial charge in [0, 0.05) is 12.2 Å². The van der Waals surface area contributed by atoms with Gasteiger partial charge in [0.25, 0.3) is 0 Å². The molecule has 7 heteroatoms. The summed E-state index contributed by atoms with van der Waals surface area (Å²) in [5, 5.41) is 16.9. The van der Waals surface area contributed by atoms with E-state index in [1.807, 2.05) is 13.8 Å². The summed E-state index contributed by atoms with van der Waals surface area (Å²) in [6.07, 6.45) is 27.4. The molecule has 0 aliphatic heterocycles. The van der Waals surface area contributed by atoms with E-state index in [2.05, 4.69) is 91.0 Å². The van der Waals surface area contributed by atoms with Gasteiger partial charge in [-0.1, -0.05) is 101 Å². The van der Waals surface area contributed by atoms with E-state index in [0.717, 1.165) is 11.1 Å². The summed E-state index contributed by atoms with van der Waals surface area (Å²) in [7, 11) is 0. The first kappa shape index (κ1) is 49.0. The summed E-state index contributed by atoms with van der Waals surface area (Å²) in [4.78, 5) is 20.6. The van der Waals surface area contributed by atoms with Gasteiger partial charge in [-0.2, -0.15) is 0 Å². The zero-order valence-corrected chi connectivity index (χ0v) is 36.8. The Kier molecular flexibility index (Phi) is 27.9. The molecule has 2 N–H and O–H groups in total. The quantitative estimate of drug-likeness (QED) is 0.183. The van der Waals surface area contributed by atoms with Crippen molar-refractivity contribution >= 4 is 42.7 Å². The number of aliphatic carboxylic acids is 2. The van der Waals surface area contributed by atoms with Gasteiger partial charge in [-0.15, -0.1) is 0 Å². The van der Waals surface area contributed by atoms with E-state index in [0.29, 0.717) is 11.8 Å². The Morgan fingerprint density at radius 1 is 0.453 bits per heavy atom. The van der Waals surface area contributed by atoms with E-state index in [9.17, 15) is 9.59 Å². The molecule has 3 aromatic rings. The molecular formula is C46H63Fe2O4Sb+4. The molecule has 0 saturated heterocycles. The first-order chi connectivity index (χ1) is 24.8. The van der Waals surface area contributed by atoms with E-state index in [-0.39, 0.29) is 34.1 Å². The van der Waals surface area contributed by atoms with Gasteiger partial charge in [0.05, 0.1) is 0 Å². The van der Waals surface area contributed by atoms with Crippen LogP contribution in [0.15, 0.2) is 114 Å². The van der Waals surface area contributed by atoms with Crippen molar-refractivity contribution in [2.45, 2.75) is 129 Å². The fourth-order valence-electron chi connectivity index (χ4n) is 7.33. The maximum absolute atomic E-state index is 10.3. The van der Waals surface area contributed by atoms with Crippen molar-refractivity contribution < 1.29 is 53.9 Å². The summed E-state index contributed by atoms with van der Waals surface area (Å²) >= 11 is -1.83. The van der Waals surface area contributed by atoms with Gasteiger partial charge < -0.3 is 10.2 Å². The molecule has 0 amide bonds. The second kappa shape index (κ2) is 30.2. The van der Waals surface area contributed by atoms with Gasteiger partial charge in [-0.3, -0.25) is 0 Å². The molecule has 0 atom stereocenters. The van der Waals surface area contributed by atoms with Crippen molar-refractivity contribution in [1.82, 2.24) is 0 Å². The molecule has 3 aromatic carbocycles. The van der Waals surface area contributed by atoms with Gasteiger partial charge in [0.1, 0.15) is 0 Å². The number of hydrogen-bond acceptors (Lipinski definition) is 2. The van der Waals surface area contributed by atoms with Crippen LogP contribution < -0.4 is 10.5 Å². The molecule has 0 bridgehead atoms. The van der Waals surface area contributed by atoms with Crippen molar-refractivity contribution in [2.75, 3.05) is 0 Å². The van der Waals surface area contributed by atoms with Crippen molar-refractivity contribution in [1.29, 1.82) is 0 Å². The Balaban J connectivity index is 0.000000358. The van der Waals surface area contributed by atoms with Crippen LogP contribution in [0, 0.1) is 11.8 Å². The first-order valence-corrected chi connectivity index (χ1v) is 23.5. The Bertz CT molecular complexity index is 1270. The molecule has 0 heterocycles. The molecule has 4 fully saturated rings. The fraction of sp³-hybridized carbons (Fsp3) is 0.478. The molecular weight excluding hydrogens is 850 g/mol. The maximum atomic E-state index is 10.3. The number of carbonyl (C=O) groups is 2. The molecule has 4 aliphatic carbocycles. The summed E-state index contributed by atoms with van der Waals surface area (Å²) in [6, 6.07) is 32.9. The van der Waals surface area contributed by atoms with Crippen molar-refractivity contribution in [3.05, 3.63) is 114 Å². The predicted octanol–water partition coefficient (Wildman–Crippen LogP) is 10.5. The van der Waals surface area contributed by atoms with Crippen LogP contribution in [-0.4, -0.2) is 42.4 Å². The normalized spacial score (nSPS) is 16.9. The van der Waals surface area contributed by atoms with E-state index in [1.165, 1.54) is 138 Å². The van der Waals surface area contributed by atoms with E-state index in [1.54, 1.807) is 0 Å². The van der Waals surface area contributed by atoms with Crippen LogP contribution in [0.2, 0.25) is 0 Å². The predicted molar refractivity (Wildman–Crippen MR) is 217 cm³/mol. The molecule has 4 saturated carbocycles. The number of rotatable bonds is 7. The van der Waals surface area contributed by atoms with Gasteiger partial charge in [0.15, 0.2) is 0 Å². The Labute approximate surface area is 349 Å². The number of allylic oxidation sites excluding steroid dienone is 2. The topological polar surface area (TPSA) is 74.6 Å². The van der Waals surface area contributed by atoms with Crippen molar-refractivity contribution in [2.24, 2.45) is 11.8 Å². The average molecular weight is 913 g/mol. The molecule has 53 heavy (non-hydrogen) atoms. The SMILES string of the molecule is C/C(=C\C(=O)O)C1CCCC1.C/C(=C\C(=O)O)C1CCCC1.C1CCCC1.C1CCCC1.[Fe+2].[Fe+2].c1cc[c]([Sb]([c]2ccccc2)[c]2ccccc2)cc1. The minimum atomic E-state index is -1.83. The van der Waals surface area contributed by atoms with Crippen molar-refractivity contribution in [3.8, 4) is 0 Å². The Hall–Kier alpha value is -2.06. The first-order valence-electron chi connectivity index (χ1n) is 19.6. The average Bonchev–Trinajstić information content (AvgIpc) is 3.99. The fourth-order valence-corrected chi connectivity index (χ4v) is 13.9. The second-order valence-electron chi connectivity index (χ2n) is 14.3. The van der Waals surface area contributed by atoms with Crippen LogP contribution in [0.3, 0.4) is 0 Å². The molecule has 0 aromatic heterocycles.